The molecule has 2 fully saturated rings. The minimum absolute atomic E-state index is 0.175. The van der Waals surface area contributed by atoms with Crippen molar-refractivity contribution in [2.45, 2.75) is 51.2 Å². The van der Waals surface area contributed by atoms with E-state index in [0.717, 1.165) is 64.0 Å². The molecule has 6 nitrogen and oxygen atoms in total. The van der Waals surface area contributed by atoms with Crippen LogP contribution in [0.2, 0.25) is 0 Å². The minimum atomic E-state index is 0.175. The van der Waals surface area contributed by atoms with Crippen molar-refractivity contribution < 1.29 is 9.53 Å². The summed E-state index contributed by atoms with van der Waals surface area (Å²) in [5.74, 6) is 0.825. The molecule has 1 aromatic heterocycles. The van der Waals surface area contributed by atoms with Gasteiger partial charge in [-0.3, -0.25) is 14.8 Å². The number of carbonyl (C=O) groups is 1. The fourth-order valence-corrected chi connectivity index (χ4v) is 4.42. The van der Waals surface area contributed by atoms with Gasteiger partial charge in [0, 0.05) is 31.7 Å². The number of carbonyl (C=O) groups excluding carboxylic acids is 1. The molecule has 1 atom stereocenters. The van der Waals surface area contributed by atoms with Gasteiger partial charge in [0.2, 0.25) is 5.91 Å². The lowest BCUT2D eigenvalue weighted by Gasteiger charge is -2.31. The van der Waals surface area contributed by atoms with Gasteiger partial charge in [-0.05, 0) is 56.7 Å². The van der Waals surface area contributed by atoms with Gasteiger partial charge < -0.3 is 10.1 Å². The van der Waals surface area contributed by atoms with Gasteiger partial charge >= 0.3 is 0 Å². The summed E-state index contributed by atoms with van der Waals surface area (Å²) in [6.07, 6.45) is 8.32. The summed E-state index contributed by atoms with van der Waals surface area (Å²) in [6.45, 7) is 4.61. The number of nitrogens with one attached hydrogen (secondary N) is 2. The zero-order valence-corrected chi connectivity index (χ0v) is 17.1. The van der Waals surface area contributed by atoms with Gasteiger partial charge in [-0.1, -0.05) is 30.3 Å². The molecule has 3 heterocycles. The van der Waals surface area contributed by atoms with Gasteiger partial charge in [0.15, 0.2) is 0 Å². The number of amides is 1. The topological polar surface area (TPSA) is 70.2 Å². The van der Waals surface area contributed by atoms with Crippen molar-refractivity contribution in [2.75, 3.05) is 26.2 Å². The van der Waals surface area contributed by atoms with E-state index in [9.17, 15) is 4.79 Å². The second-order valence-corrected chi connectivity index (χ2v) is 8.33. The van der Waals surface area contributed by atoms with Gasteiger partial charge in [-0.25, -0.2) is 0 Å². The molecule has 0 bridgehead atoms. The predicted molar refractivity (Wildman–Crippen MR) is 113 cm³/mol. The van der Waals surface area contributed by atoms with E-state index in [-0.39, 0.29) is 12.0 Å². The number of benzene rings is 1. The zero-order chi connectivity index (χ0) is 19.9. The summed E-state index contributed by atoms with van der Waals surface area (Å²) >= 11 is 0. The molecule has 1 amide bonds. The highest BCUT2D eigenvalue weighted by atomic mass is 16.5. The molecular weight excluding hydrogens is 364 g/mol. The van der Waals surface area contributed by atoms with Gasteiger partial charge in [0.25, 0.3) is 0 Å². The van der Waals surface area contributed by atoms with E-state index in [4.69, 9.17) is 4.74 Å². The van der Waals surface area contributed by atoms with E-state index in [1.807, 2.05) is 12.3 Å². The van der Waals surface area contributed by atoms with Crippen molar-refractivity contribution in [2.24, 2.45) is 5.92 Å². The standard InChI is InChI=1S/C23H32N4O2/c28-22(24-16-21-7-4-14-29-21)9-8-18-10-12-27(13-11-18)17-20-15-25-26-23(20)19-5-2-1-3-6-19/h1-3,5-6,15,18,21H,4,7-14,16-17H2,(H,24,28)(H,25,26)/t21-/m0/s1. The number of rotatable bonds is 8. The lowest BCUT2D eigenvalue weighted by Crippen LogP contribution is -2.34. The molecule has 0 aliphatic carbocycles. The average molecular weight is 397 g/mol. The fourth-order valence-electron chi connectivity index (χ4n) is 4.42. The molecule has 29 heavy (non-hydrogen) atoms. The average Bonchev–Trinajstić information content (AvgIpc) is 3.44. The Labute approximate surface area is 173 Å². The molecule has 0 spiro atoms. The maximum atomic E-state index is 12.1. The van der Waals surface area contributed by atoms with Crippen LogP contribution in [0.3, 0.4) is 0 Å². The van der Waals surface area contributed by atoms with Crippen LogP contribution in [0.1, 0.15) is 44.1 Å². The number of hydrogen-bond donors (Lipinski definition) is 2. The summed E-state index contributed by atoms with van der Waals surface area (Å²) in [5, 5.41) is 10.5. The van der Waals surface area contributed by atoms with E-state index in [1.54, 1.807) is 0 Å². The van der Waals surface area contributed by atoms with Gasteiger partial charge in [-0.2, -0.15) is 5.10 Å². The summed E-state index contributed by atoms with van der Waals surface area (Å²) in [4.78, 5) is 14.6. The SMILES string of the molecule is O=C(CCC1CCN(Cc2cn[nH]c2-c2ccccc2)CC1)NC[C@@H]1CCCO1. The van der Waals surface area contributed by atoms with Crippen molar-refractivity contribution in [3.8, 4) is 11.3 Å². The first-order chi connectivity index (χ1) is 14.3. The minimum Gasteiger partial charge on any atom is -0.376 e. The number of aromatic nitrogens is 2. The Balaban J connectivity index is 1.17. The molecule has 2 aliphatic heterocycles. The van der Waals surface area contributed by atoms with Crippen LogP contribution in [0.15, 0.2) is 36.5 Å². The first-order valence-electron chi connectivity index (χ1n) is 11.0. The Kier molecular flexibility index (Phi) is 6.96. The highest BCUT2D eigenvalue weighted by Crippen LogP contribution is 2.26. The second-order valence-electron chi connectivity index (χ2n) is 8.33. The van der Waals surface area contributed by atoms with Crippen molar-refractivity contribution in [1.82, 2.24) is 20.4 Å². The number of piperidine rings is 1. The first-order valence-corrected chi connectivity index (χ1v) is 11.0. The first kappa shape index (κ1) is 20.1. The summed E-state index contributed by atoms with van der Waals surface area (Å²) in [6, 6.07) is 10.4. The molecule has 0 unspecified atom stereocenters. The normalized spacial score (nSPS) is 20.8. The number of H-pyrrole nitrogens is 1. The van der Waals surface area contributed by atoms with Crippen LogP contribution in [0.25, 0.3) is 11.3 Å². The Morgan fingerprint density at radius 3 is 2.79 bits per heavy atom. The third-order valence-corrected chi connectivity index (χ3v) is 6.21. The Morgan fingerprint density at radius 2 is 2.03 bits per heavy atom. The Bertz CT molecular complexity index is 762. The van der Waals surface area contributed by atoms with Gasteiger partial charge in [0.1, 0.15) is 0 Å². The number of ether oxygens (including phenoxy) is 1. The van der Waals surface area contributed by atoms with E-state index >= 15 is 0 Å². The van der Waals surface area contributed by atoms with Crippen molar-refractivity contribution >= 4 is 5.91 Å². The third-order valence-electron chi connectivity index (χ3n) is 6.21. The number of aromatic amines is 1. The van der Waals surface area contributed by atoms with Crippen LogP contribution in [0.5, 0.6) is 0 Å². The third kappa shape index (κ3) is 5.67. The lowest BCUT2D eigenvalue weighted by molar-refractivity contribution is -0.122. The quantitative estimate of drug-likeness (QED) is 0.718. The predicted octanol–water partition coefficient (Wildman–Crippen LogP) is 3.36. The van der Waals surface area contributed by atoms with Crippen LogP contribution in [-0.2, 0) is 16.1 Å². The summed E-state index contributed by atoms with van der Waals surface area (Å²) in [7, 11) is 0. The van der Waals surface area contributed by atoms with Crippen LogP contribution < -0.4 is 5.32 Å². The largest absolute Gasteiger partial charge is 0.376 e. The van der Waals surface area contributed by atoms with Crippen molar-refractivity contribution in [3.63, 3.8) is 0 Å². The fraction of sp³-hybridized carbons (Fsp3) is 0.565. The molecular formula is C23H32N4O2. The maximum absolute atomic E-state index is 12.1. The van der Waals surface area contributed by atoms with E-state index < -0.39 is 0 Å². The molecule has 0 saturated carbocycles. The van der Waals surface area contributed by atoms with E-state index in [2.05, 4.69) is 44.7 Å². The molecule has 1 aromatic carbocycles. The van der Waals surface area contributed by atoms with Crippen LogP contribution in [-0.4, -0.2) is 53.3 Å². The molecule has 4 rings (SSSR count). The van der Waals surface area contributed by atoms with Crippen LogP contribution in [0, 0.1) is 5.92 Å². The van der Waals surface area contributed by atoms with Gasteiger partial charge in [-0.15, -0.1) is 0 Å². The lowest BCUT2D eigenvalue weighted by atomic mass is 9.91. The molecule has 6 heteroatoms. The number of likely N-dealkylation sites (tertiary alicyclic amines) is 1. The summed E-state index contributed by atoms with van der Waals surface area (Å²) < 4.78 is 5.56. The molecule has 2 aromatic rings. The summed E-state index contributed by atoms with van der Waals surface area (Å²) in [5.41, 5.74) is 3.56. The Hall–Kier alpha value is -2.18. The molecule has 2 N–H and O–H groups in total. The highest BCUT2D eigenvalue weighted by molar-refractivity contribution is 5.75. The van der Waals surface area contributed by atoms with Gasteiger partial charge in [0.05, 0.1) is 18.0 Å². The maximum Gasteiger partial charge on any atom is 0.220 e. The molecule has 0 radical (unpaired) electrons. The van der Waals surface area contributed by atoms with Crippen molar-refractivity contribution in [1.29, 1.82) is 0 Å². The smallest absolute Gasteiger partial charge is 0.220 e. The highest BCUT2D eigenvalue weighted by Gasteiger charge is 2.22. The van der Waals surface area contributed by atoms with E-state index in [1.165, 1.54) is 11.1 Å². The Morgan fingerprint density at radius 1 is 1.21 bits per heavy atom. The van der Waals surface area contributed by atoms with E-state index in [0.29, 0.717) is 18.9 Å². The monoisotopic (exact) mass is 396 g/mol. The molecule has 2 saturated heterocycles. The molecule has 156 valence electrons. The molecule has 2 aliphatic rings. The van der Waals surface area contributed by atoms with Crippen LogP contribution >= 0.6 is 0 Å². The van der Waals surface area contributed by atoms with Crippen molar-refractivity contribution in [3.05, 3.63) is 42.1 Å². The van der Waals surface area contributed by atoms with Crippen LogP contribution in [0.4, 0.5) is 0 Å². The number of hydrogen-bond acceptors (Lipinski definition) is 4. The second kappa shape index (κ2) is 10.0. The zero-order valence-electron chi connectivity index (χ0n) is 17.1. The number of nitrogens with zero attached hydrogens (tertiary/aromatic N) is 2.